The van der Waals surface area contributed by atoms with Gasteiger partial charge < -0.3 is 9.80 Å². The highest BCUT2D eigenvalue weighted by molar-refractivity contribution is 6.28. The third-order valence-corrected chi connectivity index (χ3v) is 13.4. The molecule has 0 bridgehead atoms. The number of anilines is 6. The molecule has 0 amide bonds. The Morgan fingerprint density at radius 2 is 0.571 bits per heavy atom. The predicted molar refractivity (Wildman–Crippen MR) is 291 cm³/mol. The van der Waals surface area contributed by atoms with Gasteiger partial charge in [0, 0.05) is 33.5 Å². The van der Waals surface area contributed by atoms with Crippen LogP contribution in [0.4, 0.5) is 34.1 Å². The maximum Gasteiger partial charge on any atom is 0.0991 e. The average molecular weight is 891 g/mol. The second-order valence-corrected chi connectivity index (χ2v) is 17.6. The minimum absolute atomic E-state index is 0.631. The number of nitrogens with zero attached hydrogens (tertiary/aromatic N) is 4. The van der Waals surface area contributed by atoms with E-state index in [2.05, 4.69) is 228 Å². The molecule has 0 aliphatic carbocycles. The van der Waals surface area contributed by atoms with Gasteiger partial charge in [0.05, 0.1) is 34.6 Å². The molecule has 0 spiro atoms. The van der Waals surface area contributed by atoms with Gasteiger partial charge >= 0.3 is 0 Å². The Hall–Kier alpha value is -9.74. The van der Waals surface area contributed by atoms with Gasteiger partial charge in [-0.05, 0) is 163 Å². The van der Waals surface area contributed by atoms with Crippen LogP contribution in [0.15, 0.2) is 255 Å². The predicted octanol–water partition coefficient (Wildman–Crippen LogP) is 17.9. The van der Waals surface area contributed by atoms with Gasteiger partial charge in [0.25, 0.3) is 0 Å². The Bertz CT molecular complexity index is 3670. The number of benzene rings is 12. The Morgan fingerprint density at radius 1 is 0.257 bits per heavy atom. The van der Waals surface area contributed by atoms with Crippen molar-refractivity contribution >= 4 is 66.4 Å². The maximum atomic E-state index is 9.64. The molecule has 12 rings (SSSR count). The summed E-state index contributed by atoms with van der Waals surface area (Å²) >= 11 is 0. The van der Waals surface area contributed by atoms with E-state index in [0.29, 0.717) is 11.1 Å². The van der Waals surface area contributed by atoms with E-state index >= 15 is 0 Å². The van der Waals surface area contributed by atoms with Gasteiger partial charge in [0.2, 0.25) is 0 Å². The molecule has 4 heteroatoms. The zero-order valence-electron chi connectivity index (χ0n) is 38.0. The second-order valence-electron chi connectivity index (χ2n) is 17.6. The van der Waals surface area contributed by atoms with Crippen LogP contribution in [-0.4, -0.2) is 0 Å². The van der Waals surface area contributed by atoms with Crippen LogP contribution in [0.3, 0.4) is 0 Å². The summed E-state index contributed by atoms with van der Waals surface area (Å²) in [5, 5.41) is 26.3. The number of hydrogen-bond donors (Lipinski definition) is 0. The van der Waals surface area contributed by atoms with Gasteiger partial charge in [-0.1, -0.05) is 158 Å². The lowest BCUT2D eigenvalue weighted by Gasteiger charge is -2.30. The fourth-order valence-corrected chi connectivity index (χ4v) is 10.1. The van der Waals surface area contributed by atoms with Crippen molar-refractivity contribution in [1.29, 1.82) is 10.5 Å². The summed E-state index contributed by atoms with van der Waals surface area (Å²) in [6, 6.07) is 94.4. The van der Waals surface area contributed by atoms with Crippen molar-refractivity contribution in [3.05, 3.63) is 266 Å². The van der Waals surface area contributed by atoms with Crippen molar-refractivity contribution in [3.63, 3.8) is 0 Å². The summed E-state index contributed by atoms with van der Waals surface area (Å²) in [5.41, 5.74) is 16.2. The molecular formula is C66H42N4. The minimum Gasteiger partial charge on any atom is -0.310 e. The number of para-hydroxylation sites is 2. The molecule has 0 N–H and O–H groups in total. The summed E-state index contributed by atoms with van der Waals surface area (Å²) < 4.78 is 0. The van der Waals surface area contributed by atoms with Crippen LogP contribution in [0.1, 0.15) is 11.1 Å². The zero-order valence-corrected chi connectivity index (χ0v) is 38.0. The molecule has 0 aliphatic rings. The normalized spacial score (nSPS) is 11.1. The molecule has 0 radical (unpaired) electrons. The van der Waals surface area contributed by atoms with E-state index in [1.54, 1.807) is 0 Å². The highest BCUT2D eigenvalue weighted by atomic mass is 15.1. The largest absolute Gasteiger partial charge is 0.310 e. The van der Waals surface area contributed by atoms with E-state index in [0.717, 1.165) is 89.4 Å². The lowest BCUT2D eigenvalue weighted by atomic mass is 9.91. The standard InChI is InChI=1S/C66H42N4/c67-43-45-21-25-49(26-22-45)55-37-53(47-13-5-1-6-14-47)39-59(41-55)69(57-17-9-3-10-18-57)63-35-31-51-30-34-62-64(36-32-52-29-33-61(63)65(51)66(52)62)70(58-19-11-4-12-20-58)60-40-54(48-15-7-2-8-16-48)38-56(42-60)50-27-23-46(44-68)24-28-50/h1-42H. The van der Waals surface area contributed by atoms with Crippen molar-refractivity contribution in [3.8, 4) is 56.6 Å². The molecule has 0 atom stereocenters. The Kier molecular flexibility index (Phi) is 10.6. The first-order chi connectivity index (χ1) is 34.6. The molecule has 0 unspecified atom stereocenters. The van der Waals surface area contributed by atoms with Gasteiger partial charge in [-0.2, -0.15) is 10.5 Å². The minimum atomic E-state index is 0.631. The Balaban J connectivity index is 1.09. The molecule has 0 aliphatic heterocycles. The molecule has 12 aromatic rings. The van der Waals surface area contributed by atoms with Crippen molar-refractivity contribution in [2.45, 2.75) is 0 Å². The van der Waals surface area contributed by atoms with Crippen LogP contribution in [0, 0.1) is 22.7 Å². The zero-order chi connectivity index (χ0) is 47.0. The molecule has 0 aromatic heterocycles. The third-order valence-electron chi connectivity index (χ3n) is 13.4. The van der Waals surface area contributed by atoms with Crippen molar-refractivity contribution in [1.82, 2.24) is 0 Å². The summed E-state index contributed by atoms with van der Waals surface area (Å²) in [7, 11) is 0. The smallest absolute Gasteiger partial charge is 0.0991 e. The first-order valence-corrected chi connectivity index (χ1v) is 23.4. The topological polar surface area (TPSA) is 54.1 Å². The number of hydrogen-bond acceptors (Lipinski definition) is 4. The highest BCUT2D eigenvalue weighted by Crippen LogP contribution is 2.49. The van der Waals surface area contributed by atoms with Crippen molar-refractivity contribution < 1.29 is 0 Å². The molecule has 4 nitrogen and oxygen atoms in total. The van der Waals surface area contributed by atoms with Crippen LogP contribution >= 0.6 is 0 Å². The van der Waals surface area contributed by atoms with Crippen LogP contribution in [0.5, 0.6) is 0 Å². The summed E-state index contributed by atoms with van der Waals surface area (Å²) in [5.74, 6) is 0. The number of rotatable bonds is 10. The first kappa shape index (κ1) is 41.7. The van der Waals surface area contributed by atoms with E-state index in [9.17, 15) is 10.5 Å². The van der Waals surface area contributed by atoms with Crippen LogP contribution in [0.2, 0.25) is 0 Å². The van der Waals surface area contributed by atoms with Gasteiger partial charge in [0.1, 0.15) is 0 Å². The SMILES string of the molecule is N#Cc1ccc(-c2cc(-c3ccccc3)cc(N(c3ccccc3)c3ccc4ccc5c(N(c6ccccc6)c6cc(-c7ccccc7)cc(-c7ccc(C#N)cc7)c6)ccc6ccc3c4c65)c2)cc1. The van der Waals surface area contributed by atoms with Gasteiger partial charge in [-0.3, -0.25) is 0 Å². The van der Waals surface area contributed by atoms with Crippen molar-refractivity contribution in [2.24, 2.45) is 0 Å². The Labute approximate surface area is 407 Å². The summed E-state index contributed by atoms with van der Waals surface area (Å²) in [6.07, 6.45) is 0. The lowest BCUT2D eigenvalue weighted by molar-refractivity contribution is 1.30. The maximum absolute atomic E-state index is 9.64. The van der Waals surface area contributed by atoms with Crippen LogP contribution in [0.25, 0.3) is 76.8 Å². The van der Waals surface area contributed by atoms with Gasteiger partial charge in [0.15, 0.2) is 0 Å². The van der Waals surface area contributed by atoms with Crippen LogP contribution < -0.4 is 9.80 Å². The van der Waals surface area contributed by atoms with Gasteiger partial charge in [-0.15, -0.1) is 0 Å². The molecule has 0 saturated carbocycles. The monoisotopic (exact) mass is 890 g/mol. The quantitative estimate of drug-likeness (QED) is 0.128. The highest BCUT2D eigenvalue weighted by Gasteiger charge is 2.23. The van der Waals surface area contributed by atoms with E-state index in [1.807, 2.05) is 48.5 Å². The summed E-state index contributed by atoms with van der Waals surface area (Å²) in [6.45, 7) is 0. The Morgan fingerprint density at radius 3 is 0.914 bits per heavy atom. The lowest BCUT2D eigenvalue weighted by Crippen LogP contribution is -2.12. The van der Waals surface area contributed by atoms with E-state index < -0.39 is 0 Å². The van der Waals surface area contributed by atoms with E-state index in [-0.39, 0.29) is 0 Å². The third kappa shape index (κ3) is 7.63. The fourth-order valence-electron chi connectivity index (χ4n) is 10.1. The van der Waals surface area contributed by atoms with E-state index in [1.165, 1.54) is 21.5 Å². The van der Waals surface area contributed by atoms with Crippen molar-refractivity contribution in [2.75, 3.05) is 9.80 Å². The molecule has 70 heavy (non-hydrogen) atoms. The molecular weight excluding hydrogens is 849 g/mol. The van der Waals surface area contributed by atoms with Gasteiger partial charge in [-0.25, -0.2) is 0 Å². The number of nitriles is 2. The fraction of sp³-hybridized carbons (Fsp3) is 0. The van der Waals surface area contributed by atoms with Crippen LogP contribution in [-0.2, 0) is 0 Å². The summed E-state index contributed by atoms with van der Waals surface area (Å²) in [4.78, 5) is 4.78. The molecule has 326 valence electrons. The molecule has 0 heterocycles. The second kappa shape index (κ2) is 17.8. The molecule has 0 saturated heterocycles. The first-order valence-electron chi connectivity index (χ1n) is 23.4. The van der Waals surface area contributed by atoms with E-state index in [4.69, 9.17) is 0 Å². The average Bonchev–Trinajstić information content (AvgIpc) is 3.44. The molecule has 12 aromatic carbocycles. The molecule has 0 fully saturated rings.